The highest BCUT2D eigenvalue weighted by Gasteiger charge is 2.23. The van der Waals surface area contributed by atoms with E-state index in [1.807, 2.05) is 22.4 Å². The Bertz CT molecular complexity index is 1030. The molecule has 0 spiro atoms. The monoisotopic (exact) mass is 428 g/mol. The smallest absolute Gasteiger partial charge is 0.264 e. The minimum atomic E-state index is -0.815. The van der Waals surface area contributed by atoms with Crippen molar-refractivity contribution < 1.29 is 18.4 Å². The molecule has 1 fully saturated rings. The summed E-state index contributed by atoms with van der Waals surface area (Å²) in [5, 5.41) is 4.46. The molecule has 2 amide bonds. The van der Waals surface area contributed by atoms with Gasteiger partial charge in [-0.05, 0) is 35.7 Å². The third-order valence-electron chi connectivity index (χ3n) is 4.75. The van der Waals surface area contributed by atoms with Crippen LogP contribution in [0, 0.1) is 11.6 Å². The molecule has 0 aliphatic carbocycles. The second-order valence-electron chi connectivity index (χ2n) is 6.77. The topological polar surface area (TPSA) is 65.5 Å². The molecule has 4 rings (SSSR count). The Kier molecular flexibility index (Phi) is 5.71. The molecule has 0 radical (unpaired) electrons. The molecule has 1 aliphatic heterocycles. The maximum absolute atomic E-state index is 13.3. The van der Waals surface area contributed by atoms with Crippen molar-refractivity contribution in [1.29, 1.82) is 0 Å². The van der Waals surface area contributed by atoms with E-state index in [1.54, 1.807) is 12.1 Å². The number of rotatable bonds is 4. The lowest BCUT2D eigenvalue weighted by Gasteiger charge is -2.35. The Morgan fingerprint density at radius 3 is 2.33 bits per heavy atom. The Balaban J connectivity index is 1.35. The van der Waals surface area contributed by atoms with E-state index in [-0.39, 0.29) is 11.5 Å². The number of carbonyl (C=O) groups excluding carboxylic acids is 2. The van der Waals surface area contributed by atoms with Crippen molar-refractivity contribution >= 4 is 34.7 Å². The number of hydrogen-bond acceptors (Lipinski definition) is 5. The second-order valence-corrected chi connectivity index (χ2v) is 7.72. The lowest BCUT2D eigenvalue weighted by Crippen LogP contribution is -2.48. The van der Waals surface area contributed by atoms with Gasteiger partial charge in [-0.25, -0.2) is 13.8 Å². The summed E-state index contributed by atoms with van der Waals surface area (Å²) in [5.74, 6) is -1.48. The van der Waals surface area contributed by atoms with Gasteiger partial charge in [-0.3, -0.25) is 9.59 Å². The van der Waals surface area contributed by atoms with Crippen LogP contribution < -0.4 is 10.2 Å². The average molecular weight is 428 g/mol. The summed E-state index contributed by atoms with van der Waals surface area (Å²) in [6.45, 7) is 2.50. The number of piperazine rings is 1. The second kappa shape index (κ2) is 8.58. The summed E-state index contributed by atoms with van der Waals surface area (Å²) in [6, 6.07) is 9.78. The molecule has 2 aromatic heterocycles. The fraction of sp³-hybridized carbons (Fsp3) is 0.190. The number of pyridine rings is 1. The van der Waals surface area contributed by atoms with Crippen molar-refractivity contribution in [2.24, 2.45) is 0 Å². The van der Waals surface area contributed by atoms with Gasteiger partial charge in [-0.1, -0.05) is 6.07 Å². The maximum Gasteiger partial charge on any atom is 0.264 e. The van der Waals surface area contributed by atoms with E-state index < -0.39 is 17.5 Å². The van der Waals surface area contributed by atoms with E-state index in [9.17, 15) is 18.4 Å². The minimum absolute atomic E-state index is 0.0458. The van der Waals surface area contributed by atoms with Gasteiger partial charge in [-0.2, -0.15) is 0 Å². The number of halogens is 2. The van der Waals surface area contributed by atoms with Gasteiger partial charge in [0.05, 0.1) is 16.8 Å². The van der Waals surface area contributed by atoms with Gasteiger partial charge in [0.1, 0.15) is 17.5 Å². The quantitative estimate of drug-likeness (QED) is 0.689. The molecular weight excluding hydrogens is 410 g/mol. The first kappa shape index (κ1) is 20.0. The van der Waals surface area contributed by atoms with Crippen LogP contribution in [0.25, 0.3) is 0 Å². The number of nitrogens with zero attached hydrogens (tertiary/aromatic N) is 3. The Morgan fingerprint density at radius 2 is 1.73 bits per heavy atom. The fourth-order valence-corrected chi connectivity index (χ4v) is 3.92. The van der Waals surface area contributed by atoms with Crippen molar-refractivity contribution in [2.75, 3.05) is 36.4 Å². The number of nitrogens with one attached hydrogen (secondary N) is 1. The van der Waals surface area contributed by atoms with E-state index in [0.29, 0.717) is 37.9 Å². The molecule has 0 atom stereocenters. The van der Waals surface area contributed by atoms with Crippen LogP contribution in [0.3, 0.4) is 0 Å². The van der Waals surface area contributed by atoms with E-state index in [1.165, 1.54) is 17.5 Å². The van der Waals surface area contributed by atoms with Crippen LogP contribution in [-0.4, -0.2) is 47.9 Å². The molecule has 0 unspecified atom stereocenters. The first-order valence-electron chi connectivity index (χ1n) is 9.31. The summed E-state index contributed by atoms with van der Waals surface area (Å²) in [5.41, 5.74) is 0.308. The van der Waals surface area contributed by atoms with Crippen LogP contribution in [-0.2, 0) is 0 Å². The summed E-state index contributed by atoms with van der Waals surface area (Å²) < 4.78 is 26.6. The zero-order chi connectivity index (χ0) is 21.1. The third-order valence-corrected chi connectivity index (χ3v) is 5.61. The van der Waals surface area contributed by atoms with Crippen LogP contribution >= 0.6 is 11.3 Å². The average Bonchev–Trinajstić information content (AvgIpc) is 3.28. The summed E-state index contributed by atoms with van der Waals surface area (Å²) >= 11 is 1.43. The lowest BCUT2D eigenvalue weighted by atomic mass is 10.2. The van der Waals surface area contributed by atoms with Crippen molar-refractivity contribution in [2.45, 2.75) is 0 Å². The third kappa shape index (κ3) is 4.46. The van der Waals surface area contributed by atoms with Crippen molar-refractivity contribution in [3.05, 3.63) is 76.1 Å². The fourth-order valence-electron chi connectivity index (χ4n) is 3.23. The van der Waals surface area contributed by atoms with Gasteiger partial charge in [0.15, 0.2) is 0 Å². The first-order valence-corrected chi connectivity index (χ1v) is 10.2. The normalized spacial score (nSPS) is 13.9. The molecule has 9 heteroatoms. The van der Waals surface area contributed by atoms with E-state index in [4.69, 9.17) is 0 Å². The largest absolute Gasteiger partial charge is 0.353 e. The highest BCUT2D eigenvalue weighted by Crippen LogP contribution is 2.19. The van der Waals surface area contributed by atoms with Gasteiger partial charge in [-0.15, -0.1) is 11.3 Å². The number of amides is 2. The highest BCUT2D eigenvalue weighted by atomic mass is 32.1. The predicted molar refractivity (Wildman–Crippen MR) is 111 cm³/mol. The summed E-state index contributed by atoms with van der Waals surface area (Å²) in [7, 11) is 0. The molecule has 1 aliphatic rings. The standard InChI is InChI=1S/C21H18F2N4O2S/c22-15-10-14(11-16(23)12-15)20(28)25-17-3-4-19(24-13-17)26-5-7-27(8-6-26)21(29)18-2-1-9-30-18/h1-4,9-13H,5-8H2,(H,25,28). The minimum Gasteiger partial charge on any atom is -0.353 e. The number of hydrogen-bond donors (Lipinski definition) is 1. The van der Waals surface area contributed by atoms with Gasteiger partial charge >= 0.3 is 0 Å². The van der Waals surface area contributed by atoms with Gasteiger partial charge in [0.25, 0.3) is 11.8 Å². The molecule has 154 valence electrons. The van der Waals surface area contributed by atoms with Gasteiger partial charge < -0.3 is 15.1 Å². The van der Waals surface area contributed by atoms with E-state index in [0.717, 1.165) is 22.8 Å². The SMILES string of the molecule is O=C(Nc1ccc(N2CCN(C(=O)c3cccs3)CC2)nc1)c1cc(F)cc(F)c1. The molecule has 1 N–H and O–H groups in total. The lowest BCUT2D eigenvalue weighted by molar-refractivity contribution is 0.0751. The number of aromatic nitrogens is 1. The number of carbonyl (C=O) groups is 2. The van der Waals surface area contributed by atoms with Gasteiger partial charge in [0.2, 0.25) is 0 Å². The van der Waals surface area contributed by atoms with Crippen LogP contribution in [0.2, 0.25) is 0 Å². The Morgan fingerprint density at radius 1 is 1.00 bits per heavy atom. The molecular formula is C21H18F2N4O2S. The van der Waals surface area contributed by atoms with Crippen LogP contribution in [0.5, 0.6) is 0 Å². The van der Waals surface area contributed by atoms with Crippen molar-refractivity contribution in [3.8, 4) is 0 Å². The molecule has 30 heavy (non-hydrogen) atoms. The summed E-state index contributed by atoms with van der Waals surface area (Å²) in [6.07, 6.45) is 1.49. The van der Waals surface area contributed by atoms with Crippen molar-refractivity contribution in [1.82, 2.24) is 9.88 Å². The van der Waals surface area contributed by atoms with E-state index in [2.05, 4.69) is 15.2 Å². The zero-order valence-corrected chi connectivity index (χ0v) is 16.7. The first-order chi connectivity index (χ1) is 14.5. The highest BCUT2D eigenvalue weighted by molar-refractivity contribution is 7.12. The number of thiophene rings is 1. The Labute approximate surface area is 175 Å². The van der Waals surface area contributed by atoms with Crippen LogP contribution in [0.15, 0.2) is 54.0 Å². The Hall–Kier alpha value is -3.33. The predicted octanol–water partition coefficient (Wildman–Crippen LogP) is 3.64. The number of anilines is 2. The number of benzene rings is 1. The van der Waals surface area contributed by atoms with Crippen LogP contribution in [0.1, 0.15) is 20.0 Å². The van der Waals surface area contributed by atoms with E-state index >= 15 is 0 Å². The molecule has 3 heterocycles. The molecule has 1 saturated heterocycles. The molecule has 6 nitrogen and oxygen atoms in total. The molecule has 3 aromatic rings. The maximum atomic E-state index is 13.3. The molecule has 1 aromatic carbocycles. The molecule has 0 saturated carbocycles. The zero-order valence-electron chi connectivity index (χ0n) is 15.8. The van der Waals surface area contributed by atoms with Crippen LogP contribution in [0.4, 0.5) is 20.3 Å². The molecule has 0 bridgehead atoms. The van der Waals surface area contributed by atoms with Crippen molar-refractivity contribution in [3.63, 3.8) is 0 Å². The van der Waals surface area contributed by atoms with Gasteiger partial charge in [0, 0.05) is 37.8 Å². The summed E-state index contributed by atoms with van der Waals surface area (Å²) in [4.78, 5) is 33.6.